The Balaban J connectivity index is -0.000000654. The molecule has 0 radical (unpaired) electrons. The van der Waals surface area contributed by atoms with E-state index >= 15 is 0 Å². The highest BCUT2D eigenvalue weighted by atomic mass is 35.5. The average Bonchev–Trinajstić information content (AvgIpc) is 2.98. The Kier molecular flexibility index (Phi) is 29.3. The molecule has 0 saturated heterocycles. The summed E-state index contributed by atoms with van der Waals surface area (Å²) in [5.74, 6) is 1.96. The summed E-state index contributed by atoms with van der Waals surface area (Å²) >= 11 is 6.05. The van der Waals surface area contributed by atoms with Gasteiger partial charge in [0, 0.05) is 23.7 Å². The van der Waals surface area contributed by atoms with Crippen LogP contribution in [0.3, 0.4) is 0 Å². The molecule has 0 aliphatic carbocycles. The highest BCUT2D eigenvalue weighted by molar-refractivity contribution is 7.59. The second-order valence-corrected chi connectivity index (χ2v) is 10.4. The molecule has 0 aromatic heterocycles. The van der Waals surface area contributed by atoms with Crippen LogP contribution in [0.2, 0.25) is 5.02 Å². The zero-order valence-electron chi connectivity index (χ0n) is 27.8. The molecule has 246 valence electrons. The SMILES string of the molecule is C#CCCCC.C=C(CCC)NC(=Nc1ccc(O)cc1Cl)/C(F)=C\C(C)CC.CCCC.Cc1ccc(C(N)=O)cc1.S. The van der Waals surface area contributed by atoms with E-state index in [-0.39, 0.29) is 41.9 Å². The van der Waals surface area contributed by atoms with Gasteiger partial charge in [0.15, 0.2) is 11.7 Å². The van der Waals surface area contributed by atoms with E-state index in [0.717, 1.165) is 31.2 Å². The van der Waals surface area contributed by atoms with Crippen LogP contribution in [0.1, 0.15) is 109 Å². The molecule has 5 nitrogen and oxygen atoms in total. The number of amidine groups is 1. The third-order valence-electron chi connectivity index (χ3n) is 5.82. The van der Waals surface area contributed by atoms with Crippen LogP contribution >= 0.6 is 25.1 Å². The molecule has 2 aromatic carbocycles. The molecule has 1 atom stereocenters. The number of primary amides is 1. The number of hydrogen-bond acceptors (Lipinski definition) is 3. The third-order valence-corrected chi connectivity index (χ3v) is 6.12. The maximum atomic E-state index is 14.5. The standard InChI is InChI=1S/C18H24ClFN2O.C8H9NO.C6H10.C4H10.H2S/c1-5-7-13(4)21-18(16(20)10-12(3)6-2)22-17-9-8-14(23)11-15(17)19;1-6-2-4-7(5-3-6)8(9)10;1-3-5-6-4-2;1-3-4-2;/h8-12,23H,4-7H2,1-3H3,(H,21,22);2-5H,1H3,(H2,9,10);1H,4-6H2,2H3;3-4H2,1-2H3;1H2/b16-10+;;;;. The normalized spacial score (nSPS) is 11.0. The number of phenolic OH excluding ortho intramolecular Hbond substituents is 1. The van der Waals surface area contributed by atoms with E-state index in [1.807, 2.05) is 39.8 Å². The van der Waals surface area contributed by atoms with Gasteiger partial charge in [-0.1, -0.05) is 103 Å². The average molecular weight is 648 g/mol. The number of carbonyl (C=O) groups excluding carboxylic acids is 1. The maximum Gasteiger partial charge on any atom is 0.248 e. The van der Waals surface area contributed by atoms with Crippen molar-refractivity contribution in [3.63, 3.8) is 0 Å². The molecule has 0 bridgehead atoms. The second-order valence-electron chi connectivity index (χ2n) is 10.0. The number of benzene rings is 2. The molecule has 4 N–H and O–H groups in total. The Hall–Kier alpha value is -3.21. The van der Waals surface area contributed by atoms with Crippen molar-refractivity contribution >= 4 is 42.5 Å². The first kappa shape index (κ1) is 45.2. The molecular weight excluding hydrogens is 593 g/mol. The lowest BCUT2D eigenvalue weighted by Crippen LogP contribution is -2.23. The van der Waals surface area contributed by atoms with Crippen LogP contribution in [0.25, 0.3) is 0 Å². The van der Waals surface area contributed by atoms with Crippen molar-refractivity contribution in [2.75, 3.05) is 0 Å². The number of rotatable bonds is 11. The number of allylic oxidation sites excluding steroid dienone is 2. The van der Waals surface area contributed by atoms with Gasteiger partial charge in [0.1, 0.15) is 5.75 Å². The van der Waals surface area contributed by atoms with Crippen LogP contribution in [0, 0.1) is 25.2 Å². The molecule has 0 aliphatic heterocycles. The van der Waals surface area contributed by atoms with E-state index in [4.69, 9.17) is 23.8 Å². The monoisotopic (exact) mass is 647 g/mol. The molecule has 0 heterocycles. The van der Waals surface area contributed by atoms with E-state index in [2.05, 4.69) is 43.6 Å². The molecule has 0 fully saturated rings. The number of nitrogens with two attached hydrogens (primary N) is 1. The van der Waals surface area contributed by atoms with Gasteiger partial charge in [-0.2, -0.15) is 13.5 Å². The van der Waals surface area contributed by atoms with Crippen molar-refractivity contribution < 1.29 is 14.3 Å². The quantitative estimate of drug-likeness (QED) is 0.0981. The molecule has 1 amide bonds. The molecule has 0 saturated carbocycles. The first-order valence-electron chi connectivity index (χ1n) is 15.1. The topological polar surface area (TPSA) is 87.7 Å². The van der Waals surface area contributed by atoms with Gasteiger partial charge >= 0.3 is 0 Å². The smallest absolute Gasteiger partial charge is 0.248 e. The molecule has 1 unspecified atom stereocenters. The number of unbranched alkanes of at least 4 members (excludes halogenated alkanes) is 3. The predicted octanol–water partition coefficient (Wildman–Crippen LogP) is 10.7. The minimum atomic E-state index is -0.444. The number of aryl methyl sites for hydroxylation is 1. The van der Waals surface area contributed by atoms with Crippen LogP contribution < -0.4 is 11.1 Å². The van der Waals surface area contributed by atoms with Crippen molar-refractivity contribution in [1.29, 1.82) is 0 Å². The lowest BCUT2D eigenvalue weighted by Gasteiger charge is -2.12. The first-order valence-corrected chi connectivity index (χ1v) is 15.5. The van der Waals surface area contributed by atoms with Gasteiger partial charge in [0.05, 0.1) is 10.7 Å². The fourth-order valence-electron chi connectivity index (χ4n) is 2.82. The Morgan fingerprint density at radius 3 is 2.11 bits per heavy atom. The Labute approximate surface area is 278 Å². The van der Waals surface area contributed by atoms with Gasteiger partial charge in [-0.3, -0.25) is 4.79 Å². The van der Waals surface area contributed by atoms with Crippen molar-refractivity contribution in [2.45, 2.75) is 99.8 Å². The molecule has 2 aromatic rings. The first-order chi connectivity index (χ1) is 20.4. The zero-order chi connectivity index (χ0) is 33.2. The van der Waals surface area contributed by atoms with Crippen molar-refractivity contribution in [1.82, 2.24) is 5.32 Å². The summed E-state index contributed by atoms with van der Waals surface area (Å²) in [6, 6.07) is 11.5. The van der Waals surface area contributed by atoms with E-state index in [9.17, 15) is 14.3 Å². The van der Waals surface area contributed by atoms with Gasteiger partial charge < -0.3 is 16.2 Å². The van der Waals surface area contributed by atoms with Crippen LogP contribution in [-0.2, 0) is 0 Å². The Morgan fingerprint density at radius 1 is 1.11 bits per heavy atom. The van der Waals surface area contributed by atoms with Gasteiger partial charge in [-0.15, -0.1) is 12.3 Å². The fourth-order valence-corrected chi connectivity index (χ4v) is 3.04. The summed E-state index contributed by atoms with van der Waals surface area (Å²) < 4.78 is 14.5. The number of nitrogens with zero attached hydrogens (tertiary/aromatic N) is 1. The van der Waals surface area contributed by atoms with E-state index in [1.54, 1.807) is 18.2 Å². The van der Waals surface area contributed by atoms with Gasteiger partial charge in [0.25, 0.3) is 0 Å². The minimum absolute atomic E-state index is 0. The number of halogens is 2. The fraction of sp³-hybridized carbons (Fsp3) is 0.444. The lowest BCUT2D eigenvalue weighted by atomic mass is 10.1. The van der Waals surface area contributed by atoms with E-state index in [0.29, 0.717) is 16.9 Å². The molecule has 0 aliphatic rings. The highest BCUT2D eigenvalue weighted by Gasteiger charge is 2.11. The number of nitrogens with one attached hydrogen (secondary N) is 1. The summed E-state index contributed by atoms with van der Waals surface area (Å²) in [7, 11) is 0. The minimum Gasteiger partial charge on any atom is -0.508 e. The number of terminal acetylenes is 1. The molecule has 0 spiro atoms. The van der Waals surface area contributed by atoms with Crippen molar-refractivity contribution in [2.24, 2.45) is 16.6 Å². The number of aromatic hydroxyl groups is 1. The summed E-state index contributed by atoms with van der Waals surface area (Å²) in [4.78, 5) is 14.8. The van der Waals surface area contributed by atoms with Crippen LogP contribution in [0.15, 0.2) is 71.6 Å². The maximum absolute atomic E-state index is 14.5. The van der Waals surface area contributed by atoms with Crippen molar-refractivity contribution in [3.05, 3.63) is 82.8 Å². The van der Waals surface area contributed by atoms with Crippen LogP contribution in [0.5, 0.6) is 5.75 Å². The van der Waals surface area contributed by atoms with Crippen LogP contribution in [-0.4, -0.2) is 16.8 Å². The summed E-state index contributed by atoms with van der Waals surface area (Å²) in [5.41, 5.74) is 7.78. The molecular formula is C36H55ClFN3O2S. The second kappa shape index (κ2) is 28.6. The highest BCUT2D eigenvalue weighted by Crippen LogP contribution is 2.29. The van der Waals surface area contributed by atoms with E-state index < -0.39 is 5.83 Å². The number of carbonyl (C=O) groups is 1. The number of hydrogen-bond donors (Lipinski definition) is 3. The predicted molar refractivity (Wildman–Crippen MR) is 195 cm³/mol. The van der Waals surface area contributed by atoms with E-state index in [1.165, 1.54) is 43.9 Å². The zero-order valence-corrected chi connectivity index (χ0v) is 29.5. The van der Waals surface area contributed by atoms with Crippen molar-refractivity contribution in [3.8, 4) is 18.1 Å². The molecule has 44 heavy (non-hydrogen) atoms. The number of amides is 1. The van der Waals surface area contributed by atoms with Gasteiger partial charge in [-0.25, -0.2) is 9.38 Å². The Bertz CT molecular complexity index is 1170. The summed E-state index contributed by atoms with van der Waals surface area (Å²) in [5, 5.41) is 12.6. The number of aliphatic imine (C=N–C) groups is 1. The Morgan fingerprint density at radius 2 is 1.70 bits per heavy atom. The largest absolute Gasteiger partial charge is 0.508 e. The molecule has 8 heteroatoms. The van der Waals surface area contributed by atoms with Gasteiger partial charge in [-0.05, 0) is 62.4 Å². The summed E-state index contributed by atoms with van der Waals surface area (Å²) in [6.07, 6.45) is 14.9. The third kappa shape index (κ3) is 23.3. The molecule has 2 rings (SSSR count). The van der Waals surface area contributed by atoms with Gasteiger partial charge in [0.2, 0.25) is 5.91 Å². The van der Waals surface area contributed by atoms with Crippen LogP contribution in [0.4, 0.5) is 10.1 Å². The lowest BCUT2D eigenvalue weighted by molar-refractivity contribution is 0.1000. The number of phenols is 1. The summed E-state index contributed by atoms with van der Waals surface area (Å²) in [6.45, 7) is 18.3.